The number of hydrogen-bond acceptors (Lipinski definition) is 6. The quantitative estimate of drug-likeness (QED) is 0.498. The smallest absolute Gasteiger partial charge is 0.181 e. The SMILES string of the molecule is CC1(C)C2CCC1(CS(=O)(=O)[O-])C(=O)C2.CCC(=O)C[S+]1CCSCC1. The van der Waals surface area contributed by atoms with Gasteiger partial charge in [-0.25, -0.2) is 8.42 Å². The third-order valence-electron chi connectivity index (χ3n) is 6.35. The van der Waals surface area contributed by atoms with Crippen LogP contribution in [0, 0.1) is 16.7 Å². The third kappa shape index (κ3) is 4.86. The predicted molar refractivity (Wildman–Crippen MR) is 108 cm³/mol. The van der Waals surface area contributed by atoms with Gasteiger partial charge in [0.2, 0.25) is 0 Å². The van der Waals surface area contributed by atoms with Crippen molar-refractivity contribution in [2.75, 3.05) is 34.5 Å². The molecule has 1 aliphatic heterocycles. The van der Waals surface area contributed by atoms with Crippen LogP contribution in [0.5, 0.6) is 0 Å². The van der Waals surface area contributed by atoms with E-state index in [2.05, 4.69) is 0 Å². The normalized spacial score (nSPS) is 30.8. The van der Waals surface area contributed by atoms with Gasteiger partial charge in [0.05, 0.1) is 15.9 Å². The lowest BCUT2D eigenvalue weighted by atomic mass is 9.70. The van der Waals surface area contributed by atoms with Crippen molar-refractivity contribution >= 4 is 44.3 Å². The van der Waals surface area contributed by atoms with Crippen molar-refractivity contribution in [2.45, 2.75) is 46.5 Å². The average Bonchev–Trinajstić information content (AvgIpc) is 2.89. The molecule has 2 unspecified atom stereocenters. The molecule has 0 radical (unpaired) electrons. The van der Waals surface area contributed by atoms with Crippen LogP contribution in [0.3, 0.4) is 0 Å². The van der Waals surface area contributed by atoms with Gasteiger partial charge in [0, 0.05) is 29.8 Å². The summed E-state index contributed by atoms with van der Waals surface area (Å²) in [5.74, 6) is 6.18. The lowest BCUT2D eigenvalue weighted by molar-refractivity contribution is -0.128. The van der Waals surface area contributed by atoms with E-state index in [9.17, 15) is 22.6 Å². The van der Waals surface area contributed by atoms with Crippen LogP contribution in [-0.4, -0.2) is 59.1 Å². The van der Waals surface area contributed by atoms with Gasteiger partial charge in [-0.15, -0.1) is 0 Å². The van der Waals surface area contributed by atoms with E-state index < -0.39 is 21.3 Å². The second-order valence-corrected chi connectivity index (χ2v) is 13.0. The Morgan fingerprint density at radius 3 is 2.35 bits per heavy atom. The van der Waals surface area contributed by atoms with Crippen LogP contribution in [0.4, 0.5) is 0 Å². The summed E-state index contributed by atoms with van der Waals surface area (Å²) in [5.41, 5.74) is -1.22. The minimum absolute atomic E-state index is 0.0248. The highest BCUT2D eigenvalue weighted by atomic mass is 32.2. The largest absolute Gasteiger partial charge is 0.748 e. The monoisotopic (exact) mass is 422 g/mol. The lowest BCUT2D eigenvalue weighted by Gasteiger charge is -2.37. The first-order valence-corrected chi connectivity index (χ1v) is 13.7. The van der Waals surface area contributed by atoms with Gasteiger partial charge in [-0.2, -0.15) is 11.8 Å². The molecule has 2 bridgehead atoms. The lowest BCUT2D eigenvalue weighted by Crippen LogP contribution is -2.42. The average molecular weight is 423 g/mol. The second kappa shape index (κ2) is 8.53. The number of rotatable bonds is 5. The summed E-state index contributed by atoms with van der Waals surface area (Å²) in [4.78, 5) is 22.9. The number of carbonyl (C=O) groups excluding carboxylic acids is 2. The Morgan fingerprint density at radius 2 is 1.92 bits per heavy atom. The molecule has 0 amide bonds. The molecule has 1 heterocycles. The fourth-order valence-corrected chi connectivity index (χ4v) is 9.91. The minimum atomic E-state index is -4.33. The van der Waals surface area contributed by atoms with Crippen LogP contribution in [0.15, 0.2) is 0 Å². The maximum Gasteiger partial charge on any atom is 0.181 e. The van der Waals surface area contributed by atoms with Gasteiger partial charge in [0.25, 0.3) is 0 Å². The Bertz CT molecular complexity index is 637. The molecule has 150 valence electrons. The van der Waals surface area contributed by atoms with Crippen LogP contribution in [-0.2, 0) is 30.6 Å². The molecule has 26 heavy (non-hydrogen) atoms. The van der Waals surface area contributed by atoms with Gasteiger partial charge in [0.15, 0.2) is 11.5 Å². The van der Waals surface area contributed by atoms with E-state index in [1.807, 2.05) is 32.5 Å². The van der Waals surface area contributed by atoms with E-state index in [-0.39, 0.29) is 17.1 Å². The van der Waals surface area contributed by atoms with E-state index in [0.29, 0.717) is 29.5 Å². The number of Topliss-reactive ketones (excluding diaryl/α,β-unsaturated/α-hetero) is 2. The highest BCUT2D eigenvalue weighted by Crippen LogP contribution is 2.64. The Morgan fingerprint density at radius 1 is 1.31 bits per heavy atom. The zero-order chi connectivity index (χ0) is 19.6. The Hall–Kier alpha value is -0.0500. The van der Waals surface area contributed by atoms with Crippen molar-refractivity contribution in [1.82, 2.24) is 0 Å². The van der Waals surface area contributed by atoms with Crippen LogP contribution < -0.4 is 0 Å². The second-order valence-electron chi connectivity index (χ2n) is 8.04. The van der Waals surface area contributed by atoms with Crippen molar-refractivity contribution < 1.29 is 22.6 Å². The van der Waals surface area contributed by atoms with Gasteiger partial charge >= 0.3 is 0 Å². The topological polar surface area (TPSA) is 91.3 Å². The first kappa shape index (κ1) is 22.2. The zero-order valence-electron chi connectivity index (χ0n) is 15.9. The van der Waals surface area contributed by atoms with Gasteiger partial charge in [-0.1, -0.05) is 20.8 Å². The van der Waals surface area contributed by atoms with Crippen molar-refractivity contribution in [3.8, 4) is 0 Å². The molecule has 0 N–H and O–H groups in total. The number of carbonyl (C=O) groups is 2. The summed E-state index contributed by atoms with van der Waals surface area (Å²) >= 11 is 2.03. The molecule has 5 nitrogen and oxygen atoms in total. The molecule has 8 heteroatoms. The van der Waals surface area contributed by atoms with E-state index in [1.165, 1.54) is 23.0 Å². The first-order valence-electron chi connectivity index (χ1n) is 9.22. The van der Waals surface area contributed by atoms with Crippen molar-refractivity contribution in [2.24, 2.45) is 16.7 Å². The van der Waals surface area contributed by atoms with Crippen LogP contribution in [0.25, 0.3) is 0 Å². The summed E-state index contributed by atoms with van der Waals surface area (Å²) in [6.45, 7) is 5.80. The predicted octanol–water partition coefficient (Wildman–Crippen LogP) is 2.26. The van der Waals surface area contributed by atoms with Gasteiger partial charge < -0.3 is 4.55 Å². The molecular weight excluding hydrogens is 392 g/mol. The number of hydrogen-bond donors (Lipinski definition) is 0. The molecule has 0 aromatic heterocycles. The van der Waals surface area contributed by atoms with E-state index >= 15 is 0 Å². The summed E-state index contributed by atoms with van der Waals surface area (Å²) in [6, 6.07) is 0. The Balaban J connectivity index is 0.000000197. The third-order valence-corrected chi connectivity index (χ3v) is 11.0. The highest BCUT2D eigenvalue weighted by molar-refractivity contribution is 8.05. The first-order chi connectivity index (χ1) is 12.0. The molecule has 3 aliphatic rings. The van der Waals surface area contributed by atoms with E-state index in [4.69, 9.17) is 0 Å². The zero-order valence-corrected chi connectivity index (χ0v) is 18.4. The maximum absolute atomic E-state index is 11.8. The van der Waals surface area contributed by atoms with Gasteiger partial charge in [0.1, 0.15) is 17.3 Å². The number of fused-ring (bicyclic) bond motifs is 2. The van der Waals surface area contributed by atoms with E-state index in [1.54, 1.807) is 0 Å². The van der Waals surface area contributed by atoms with Crippen molar-refractivity contribution in [3.63, 3.8) is 0 Å². The summed E-state index contributed by atoms with van der Waals surface area (Å²) in [7, 11) is -3.87. The standard InChI is InChI=1S/C10H16O4S.C8H15OS2/c1-9(2)7-3-4-10(9,8(11)5-7)6-15(12,13)14;1-2-8(9)7-11-5-3-10-4-6-11/h7H,3-6H2,1-2H3,(H,12,13,14);2-7H2,1H3/q;+1/p-1. The summed E-state index contributed by atoms with van der Waals surface area (Å²) < 4.78 is 32.7. The fourth-order valence-electron chi connectivity index (χ4n) is 4.44. The molecule has 0 aromatic rings. The van der Waals surface area contributed by atoms with Crippen LogP contribution >= 0.6 is 11.8 Å². The molecule has 2 aliphatic carbocycles. The summed E-state index contributed by atoms with van der Waals surface area (Å²) in [6.07, 6.45) is 2.61. The van der Waals surface area contributed by atoms with Crippen molar-refractivity contribution in [1.29, 1.82) is 0 Å². The Labute approximate surface area is 164 Å². The summed E-state index contributed by atoms with van der Waals surface area (Å²) in [5, 5.41) is 0. The van der Waals surface area contributed by atoms with Crippen molar-refractivity contribution in [3.05, 3.63) is 0 Å². The molecule has 0 aromatic carbocycles. The molecular formula is C18H30O5S3. The van der Waals surface area contributed by atoms with E-state index in [0.717, 1.165) is 18.6 Å². The van der Waals surface area contributed by atoms with Crippen LogP contribution in [0.2, 0.25) is 0 Å². The molecule has 0 spiro atoms. The number of ketones is 2. The fraction of sp³-hybridized carbons (Fsp3) is 0.889. The minimum Gasteiger partial charge on any atom is -0.748 e. The van der Waals surface area contributed by atoms with Gasteiger partial charge in [-0.3, -0.25) is 9.59 Å². The molecule has 1 saturated heterocycles. The number of thioether (sulfide) groups is 1. The highest BCUT2D eigenvalue weighted by Gasteiger charge is 2.64. The van der Waals surface area contributed by atoms with Gasteiger partial charge in [-0.05, 0) is 35.1 Å². The van der Waals surface area contributed by atoms with Crippen LogP contribution in [0.1, 0.15) is 46.5 Å². The maximum atomic E-state index is 11.8. The Kier molecular flexibility index (Phi) is 7.30. The molecule has 2 saturated carbocycles. The molecule has 2 atom stereocenters. The molecule has 3 fully saturated rings. The molecule has 3 rings (SSSR count).